The van der Waals surface area contributed by atoms with Gasteiger partial charge in [0.05, 0.1) is 5.92 Å². The summed E-state index contributed by atoms with van der Waals surface area (Å²) >= 11 is 0. The number of rotatable bonds is 8. The fraction of sp³-hybridized carbons (Fsp3) is 0.812. The maximum Gasteiger partial charge on any atom is 0.410 e. The van der Waals surface area contributed by atoms with E-state index in [9.17, 15) is 14.4 Å². The number of amides is 1. The Balaban J connectivity index is 2.25. The molecule has 1 amide bonds. The Labute approximate surface area is 136 Å². The maximum atomic E-state index is 11.7. The third kappa shape index (κ3) is 7.34. The number of aliphatic carboxylic acids is 1. The van der Waals surface area contributed by atoms with Crippen molar-refractivity contribution < 1.29 is 29.0 Å². The Morgan fingerprint density at radius 2 is 1.78 bits per heavy atom. The van der Waals surface area contributed by atoms with Crippen molar-refractivity contribution in [3.05, 3.63) is 0 Å². The van der Waals surface area contributed by atoms with Gasteiger partial charge in [0.15, 0.2) is 0 Å². The first kappa shape index (κ1) is 19.3. The van der Waals surface area contributed by atoms with Crippen molar-refractivity contribution >= 4 is 18.0 Å². The third-order valence-corrected chi connectivity index (χ3v) is 4.02. The molecule has 0 saturated heterocycles. The first-order chi connectivity index (χ1) is 11.0. The summed E-state index contributed by atoms with van der Waals surface area (Å²) in [5, 5.41) is 11.6. The van der Waals surface area contributed by atoms with Crippen molar-refractivity contribution in [3.8, 4) is 0 Å². The molecule has 1 aliphatic carbocycles. The molecule has 1 fully saturated rings. The first-order valence-corrected chi connectivity index (χ1v) is 8.33. The summed E-state index contributed by atoms with van der Waals surface area (Å²) in [4.78, 5) is 34.0. The smallest absolute Gasteiger partial charge is 0.410 e. The zero-order valence-corrected chi connectivity index (χ0v) is 13.9. The van der Waals surface area contributed by atoms with E-state index in [0.29, 0.717) is 38.6 Å². The molecule has 1 aliphatic rings. The molecule has 0 radical (unpaired) electrons. The lowest BCUT2D eigenvalue weighted by Gasteiger charge is -2.26. The maximum absolute atomic E-state index is 11.7. The Morgan fingerprint density at radius 1 is 1.13 bits per heavy atom. The lowest BCUT2D eigenvalue weighted by molar-refractivity contribution is -0.168. The molecule has 0 aliphatic heterocycles. The topological polar surface area (TPSA) is 102 Å². The Kier molecular flexibility index (Phi) is 8.43. The Morgan fingerprint density at radius 3 is 2.30 bits per heavy atom. The number of ether oxygens (including phenoxy) is 2. The number of nitrogens with one attached hydrogen (secondary N) is 1. The summed E-state index contributed by atoms with van der Waals surface area (Å²) in [6.45, 7) is 4.09. The van der Waals surface area contributed by atoms with E-state index in [0.717, 1.165) is 12.8 Å². The summed E-state index contributed by atoms with van der Waals surface area (Å²) in [6.07, 6.45) is 2.74. The zero-order valence-electron chi connectivity index (χ0n) is 13.9. The second kappa shape index (κ2) is 10.1. The molecular weight excluding hydrogens is 302 g/mol. The van der Waals surface area contributed by atoms with Crippen LogP contribution < -0.4 is 5.32 Å². The van der Waals surface area contributed by atoms with Crippen LogP contribution in [0.5, 0.6) is 0 Å². The van der Waals surface area contributed by atoms with Crippen LogP contribution in [0.4, 0.5) is 4.79 Å². The molecule has 7 nitrogen and oxygen atoms in total. The summed E-state index contributed by atoms with van der Waals surface area (Å²) in [7, 11) is 0. The van der Waals surface area contributed by atoms with Crippen LogP contribution in [0.2, 0.25) is 0 Å². The molecule has 0 spiro atoms. The number of alkyl carbamates (subject to hydrolysis) is 1. The monoisotopic (exact) mass is 329 g/mol. The van der Waals surface area contributed by atoms with Crippen LogP contribution >= 0.6 is 0 Å². The van der Waals surface area contributed by atoms with Gasteiger partial charge in [-0.25, -0.2) is 4.79 Å². The van der Waals surface area contributed by atoms with Gasteiger partial charge < -0.3 is 19.9 Å². The molecular formula is C16H27NO6. The lowest BCUT2D eigenvalue weighted by Crippen LogP contribution is -2.35. The van der Waals surface area contributed by atoms with Crippen molar-refractivity contribution in [1.29, 1.82) is 0 Å². The second-order valence-electron chi connectivity index (χ2n) is 5.92. The number of esters is 1. The minimum absolute atomic E-state index is 0.263. The standard InChI is InChI=1S/C16H27NO6/c1-3-5-13(18)22-14(4-2)23-16(21)17-10-11-6-8-12(9-7-11)15(19)20/h11-12,14H,3-10H2,1-2H3,(H,17,21)(H,19,20). The normalized spacial score (nSPS) is 22.0. The number of carboxylic acid groups (broad SMARTS) is 1. The van der Waals surface area contributed by atoms with Gasteiger partial charge >= 0.3 is 18.0 Å². The summed E-state index contributed by atoms with van der Waals surface area (Å²) in [5.41, 5.74) is 0. The predicted molar refractivity (Wildman–Crippen MR) is 82.6 cm³/mol. The molecule has 1 saturated carbocycles. The van der Waals surface area contributed by atoms with E-state index >= 15 is 0 Å². The van der Waals surface area contributed by atoms with Crippen molar-refractivity contribution in [1.82, 2.24) is 5.32 Å². The first-order valence-electron chi connectivity index (χ1n) is 8.33. The van der Waals surface area contributed by atoms with Gasteiger partial charge in [0.1, 0.15) is 0 Å². The third-order valence-electron chi connectivity index (χ3n) is 4.02. The highest BCUT2D eigenvalue weighted by Crippen LogP contribution is 2.28. The molecule has 1 unspecified atom stereocenters. The zero-order chi connectivity index (χ0) is 17.2. The molecule has 1 atom stereocenters. The number of carboxylic acids is 1. The molecule has 0 bridgehead atoms. The molecule has 2 N–H and O–H groups in total. The van der Waals surface area contributed by atoms with Gasteiger partial charge in [0.25, 0.3) is 0 Å². The molecule has 0 heterocycles. The van der Waals surface area contributed by atoms with E-state index in [1.54, 1.807) is 6.92 Å². The van der Waals surface area contributed by atoms with Crippen LogP contribution in [0.15, 0.2) is 0 Å². The Bertz CT molecular complexity index is 403. The molecule has 1 rings (SSSR count). The number of carbonyl (C=O) groups excluding carboxylic acids is 2. The average molecular weight is 329 g/mol. The van der Waals surface area contributed by atoms with Crippen LogP contribution in [0.25, 0.3) is 0 Å². The van der Waals surface area contributed by atoms with Crippen molar-refractivity contribution in [2.45, 2.75) is 65.1 Å². The SMILES string of the molecule is CCCC(=O)OC(CC)OC(=O)NCC1CCC(C(=O)O)CC1. The van der Waals surface area contributed by atoms with Crippen LogP contribution in [0.1, 0.15) is 58.8 Å². The van der Waals surface area contributed by atoms with Gasteiger partial charge in [0, 0.05) is 19.4 Å². The minimum atomic E-state index is -0.864. The Hall–Kier alpha value is -1.79. The summed E-state index contributed by atoms with van der Waals surface area (Å²) in [5.74, 6) is -1.11. The van der Waals surface area contributed by atoms with Crippen molar-refractivity contribution in [2.75, 3.05) is 6.54 Å². The van der Waals surface area contributed by atoms with E-state index in [-0.39, 0.29) is 17.8 Å². The van der Waals surface area contributed by atoms with Gasteiger partial charge in [-0.15, -0.1) is 0 Å². The fourth-order valence-electron chi connectivity index (χ4n) is 2.60. The summed E-state index contributed by atoms with van der Waals surface area (Å²) < 4.78 is 10.1. The minimum Gasteiger partial charge on any atom is -0.481 e. The van der Waals surface area contributed by atoms with Crippen LogP contribution in [-0.4, -0.2) is 36.0 Å². The largest absolute Gasteiger partial charge is 0.481 e. The molecule has 0 aromatic rings. The van der Waals surface area contributed by atoms with E-state index < -0.39 is 18.4 Å². The number of carbonyl (C=O) groups is 3. The molecule has 0 aromatic heterocycles. The average Bonchev–Trinajstić information content (AvgIpc) is 2.52. The van der Waals surface area contributed by atoms with Crippen LogP contribution in [0, 0.1) is 11.8 Å². The molecule has 132 valence electrons. The number of hydrogen-bond donors (Lipinski definition) is 2. The highest BCUT2D eigenvalue weighted by molar-refractivity contribution is 5.71. The highest BCUT2D eigenvalue weighted by Gasteiger charge is 2.26. The quantitative estimate of drug-likeness (QED) is 0.524. The second-order valence-corrected chi connectivity index (χ2v) is 5.92. The van der Waals surface area contributed by atoms with Crippen molar-refractivity contribution in [2.24, 2.45) is 11.8 Å². The van der Waals surface area contributed by atoms with E-state index in [4.69, 9.17) is 14.6 Å². The van der Waals surface area contributed by atoms with E-state index in [2.05, 4.69) is 5.32 Å². The number of hydrogen-bond acceptors (Lipinski definition) is 5. The lowest BCUT2D eigenvalue weighted by atomic mass is 9.82. The van der Waals surface area contributed by atoms with Gasteiger partial charge in [0.2, 0.25) is 6.29 Å². The van der Waals surface area contributed by atoms with Crippen LogP contribution in [0.3, 0.4) is 0 Å². The highest BCUT2D eigenvalue weighted by atomic mass is 16.7. The van der Waals surface area contributed by atoms with Gasteiger partial charge in [-0.1, -0.05) is 13.8 Å². The van der Waals surface area contributed by atoms with E-state index in [1.807, 2.05) is 6.92 Å². The van der Waals surface area contributed by atoms with Gasteiger partial charge in [-0.2, -0.15) is 0 Å². The molecule has 7 heteroatoms. The van der Waals surface area contributed by atoms with Gasteiger partial charge in [-0.05, 0) is 38.0 Å². The van der Waals surface area contributed by atoms with Crippen molar-refractivity contribution in [3.63, 3.8) is 0 Å². The molecule has 23 heavy (non-hydrogen) atoms. The summed E-state index contributed by atoms with van der Waals surface area (Å²) in [6, 6.07) is 0. The van der Waals surface area contributed by atoms with Crippen LogP contribution in [-0.2, 0) is 19.1 Å². The predicted octanol–water partition coefficient (Wildman–Crippen LogP) is 2.68. The fourth-order valence-corrected chi connectivity index (χ4v) is 2.60. The molecule has 0 aromatic carbocycles. The van der Waals surface area contributed by atoms with Gasteiger partial charge in [-0.3, -0.25) is 9.59 Å². The van der Waals surface area contributed by atoms with E-state index in [1.165, 1.54) is 0 Å².